The average Bonchev–Trinajstić information content (AvgIpc) is 3.43. The number of para-hydroxylation sites is 1. The van der Waals surface area contributed by atoms with E-state index in [9.17, 15) is 14.0 Å². The molecule has 1 saturated heterocycles. The third-order valence-electron chi connectivity index (χ3n) is 5.15. The maximum absolute atomic E-state index is 13.2. The molecule has 1 aliphatic carbocycles. The van der Waals surface area contributed by atoms with Crippen LogP contribution in [0.2, 0.25) is 0 Å². The first-order chi connectivity index (χ1) is 13.0. The van der Waals surface area contributed by atoms with Gasteiger partial charge in [-0.05, 0) is 58.6 Å². The Bertz CT molecular complexity index is 867. The number of nitrogens with zero attached hydrogens (tertiary/aromatic N) is 2. The number of carbonyl (C=O) groups excluding carboxylic acids is 2. The number of hydrogen-bond acceptors (Lipinski definition) is 2. The number of halogens is 2. The van der Waals surface area contributed by atoms with E-state index in [0.29, 0.717) is 13.1 Å². The van der Waals surface area contributed by atoms with Crippen LogP contribution in [0.25, 0.3) is 0 Å². The number of rotatable bonds is 5. The van der Waals surface area contributed by atoms with Gasteiger partial charge in [0.25, 0.3) is 0 Å². The first-order valence-electron chi connectivity index (χ1n) is 9.13. The molecule has 2 fully saturated rings. The van der Waals surface area contributed by atoms with Crippen LogP contribution in [-0.4, -0.2) is 29.3 Å². The molecule has 27 heavy (non-hydrogen) atoms. The zero-order valence-electron chi connectivity index (χ0n) is 14.8. The second kappa shape index (κ2) is 7.43. The highest BCUT2D eigenvalue weighted by molar-refractivity contribution is 9.10. The zero-order valence-corrected chi connectivity index (χ0v) is 16.4. The molecule has 0 aromatic heterocycles. The van der Waals surface area contributed by atoms with Crippen molar-refractivity contribution in [1.82, 2.24) is 4.90 Å². The molecular formula is C21H20BrFN2O2. The van der Waals surface area contributed by atoms with E-state index in [1.807, 2.05) is 29.2 Å². The van der Waals surface area contributed by atoms with Gasteiger partial charge in [-0.2, -0.15) is 0 Å². The van der Waals surface area contributed by atoms with Gasteiger partial charge in [0.05, 0.1) is 11.6 Å². The molecule has 6 heteroatoms. The predicted octanol–water partition coefficient (Wildman–Crippen LogP) is 4.13. The molecule has 2 amide bonds. The lowest BCUT2D eigenvalue weighted by molar-refractivity contribution is -0.137. The predicted molar refractivity (Wildman–Crippen MR) is 105 cm³/mol. The molecule has 0 unspecified atom stereocenters. The number of hydrogen-bond donors (Lipinski definition) is 0. The molecule has 0 N–H and O–H groups in total. The third-order valence-corrected chi connectivity index (χ3v) is 5.82. The molecule has 1 heterocycles. The Labute approximate surface area is 166 Å². The van der Waals surface area contributed by atoms with E-state index >= 15 is 0 Å². The van der Waals surface area contributed by atoms with Crippen LogP contribution in [0.1, 0.15) is 24.8 Å². The van der Waals surface area contributed by atoms with Crippen molar-refractivity contribution in [3.05, 3.63) is 64.4 Å². The lowest BCUT2D eigenvalue weighted by Crippen LogP contribution is -2.38. The maximum Gasteiger partial charge on any atom is 0.228 e. The van der Waals surface area contributed by atoms with Gasteiger partial charge in [0, 0.05) is 30.0 Å². The number of benzene rings is 2. The summed E-state index contributed by atoms with van der Waals surface area (Å²) in [4.78, 5) is 29.3. The summed E-state index contributed by atoms with van der Waals surface area (Å²) in [6.45, 7) is 0.858. The number of amides is 2. The first-order valence-corrected chi connectivity index (χ1v) is 9.92. The Morgan fingerprint density at radius 2 is 1.85 bits per heavy atom. The van der Waals surface area contributed by atoms with Crippen LogP contribution in [0.4, 0.5) is 10.1 Å². The summed E-state index contributed by atoms with van der Waals surface area (Å²) in [7, 11) is 0. The zero-order chi connectivity index (χ0) is 19.0. The molecule has 0 bridgehead atoms. The first kappa shape index (κ1) is 18.2. The van der Waals surface area contributed by atoms with Crippen molar-refractivity contribution in [2.45, 2.75) is 31.8 Å². The van der Waals surface area contributed by atoms with E-state index in [0.717, 1.165) is 28.6 Å². The van der Waals surface area contributed by atoms with Crippen molar-refractivity contribution in [3.63, 3.8) is 0 Å². The molecule has 2 aromatic rings. The molecule has 4 nitrogen and oxygen atoms in total. The summed E-state index contributed by atoms with van der Waals surface area (Å²) in [6, 6.07) is 14.0. The van der Waals surface area contributed by atoms with Crippen molar-refractivity contribution in [2.24, 2.45) is 5.92 Å². The molecule has 1 aliphatic heterocycles. The highest BCUT2D eigenvalue weighted by atomic mass is 79.9. The summed E-state index contributed by atoms with van der Waals surface area (Å²) >= 11 is 3.48. The van der Waals surface area contributed by atoms with Gasteiger partial charge in [0.15, 0.2) is 0 Å². The maximum atomic E-state index is 13.2. The Morgan fingerprint density at radius 1 is 1.15 bits per heavy atom. The number of carbonyl (C=O) groups is 2. The van der Waals surface area contributed by atoms with E-state index in [2.05, 4.69) is 15.9 Å². The highest BCUT2D eigenvalue weighted by Crippen LogP contribution is 2.35. The second-order valence-electron chi connectivity index (χ2n) is 7.18. The van der Waals surface area contributed by atoms with Gasteiger partial charge in [-0.3, -0.25) is 9.59 Å². The molecule has 1 atom stereocenters. The smallest absolute Gasteiger partial charge is 0.228 e. The Morgan fingerprint density at radius 3 is 2.52 bits per heavy atom. The van der Waals surface area contributed by atoms with E-state index in [1.54, 1.807) is 17.0 Å². The minimum atomic E-state index is -0.342. The SMILES string of the molecule is O=C1C[C@@H](C(=O)N(Cc2ccc(F)cc2)C2CC2)CN1c1ccccc1Br. The van der Waals surface area contributed by atoms with Crippen LogP contribution >= 0.6 is 15.9 Å². The fourth-order valence-corrected chi connectivity index (χ4v) is 4.07. The quantitative estimate of drug-likeness (QED) is 0.715. The van der Waals surface area contributed by atoms with Gasteiger partial charge in [0.1, 0.15) is 5.82 Å². The van der Waals surface area contributed by atoms with Crippen molar-refractivity contribution in [2.75, 3.05) is 11.4 Å². The van der Waals surface area contributed by atoms with E-state index in [4.69, 9.17) is 0 Å². The molecule has 1 saturated carbocycles. The average molecular weight is 431 g/mol. The van der Waals surface area contributed by atoms with E-state index in [1.165, 1.54) is 12.1 Å². The van der Waals surface area contributed by atoms with Crippen LogP contribution < -0.4 is 4.90 Å². The standard InChI is InChI=1S/C21H20BrFN2O2/c22-18-3-1-2-4-19(18)25-13-15(11-20(25)26)21(27)24(17-9-10-17)12-14-5-7-16(23)8-6-14/h1-8,15,17H,9-13H2/t15-/m1/s1. The van der Waals surface area contributed by atoms with Crippen LogP contribution in [-0.2, 0) is 16.1 Å². The fraction of sp³-hybridized carbons (Fsp3) is 0.333. The summed E-state index contributed by atoms with van der Waals surface area (Å²) in [5.74, 6) is -0.637. The highest BCUT2D eigenvalue weighted by Gasteiger charge is 2.41. The molecule has 0 radical (unpaired) electrons. The van der Waals surface area contributed by atoms with Crippen LogP contribution in [0.15, 0.2) is 53.0 Å². The molecule has 4 rings (SSSR count). The van der Waals surface area contributed by atoms with E-state index < -0.39 is 0 Å². The molecule has 2 aromatic carbocycles. The van der Waals surface area contributed by atoms with Crippen LogP contribution in [0, 0.1) is 11.7 Å². The van der Waals surface area contributed by atoms with Gasteiger partial charge in [0.2, 0.25) is 11.8 Å². The van der Waals surface area contributed by atoms with Crippen LogP contribution in [0.3, 0.4) is 0 Å². The van der Waals surface area contributed by atoms with Crippen molar-refractivity contribution < 1.29 is 14.0 Å². The number of anilines is 1. The van der Waals surface area contributed by atoms with Gasteiger partial charge in [-0.15, -0.1) is 0 Å². The Hall–Kier alpha value is -2.21. The topological polar surface area (TPSA) is 40.6 Å². The van der Waals surface area contributed by atoms with Crippen molar-refractivity contribution >= 4 is 33.4 Å². The molecule has 2 aliphatic rings. The van der Waals surface area contributed by atoms with E-state index in [-0.39, 0.29) is 36.0 Å². The summed E-state index contributed by atoms with van der Waals surface area (Å²) in [5, 5.41) is 0. The monoisotopic (exact) mass is 430 g/mol. The van der Waals surface area contributed by atoms with Gasteiger partial charge < -0.3 is 9.80 Å². The Kier molecular flexibility index (Phi) is 5.00. The summed E-state index contributed by atoms with van der Waals surface area (Å²) in [5.41, 5.74) is 1.71. The fourth-order valence-electron chi connectivity index (χ4n) is 3.57. The Balaban J connectivity index is 1.50. The van der Waals surface area contributed by atoms with Gasteiger partial charge in [-0.25, -0.2) is 4.39 Å². The van der Waals surface area contributed by atoms with Crippen LogP contribution in [0.5, 0.6) is 0 Å². The van der Waals surface area contributed by atoms with Gasteiger partial charge in [-0.1, -0.05) is 24.3 Å². The summed E-state index contributed by atoms with van der Waals surface area (Å²) < 4.78 is 14.0. The van der Waals surface area contributed by atoms with Crippen molar-refractivity contribution in [3.8, 4) is 0 Å². The third kappa shape index (κ3) is 3.90. The largest absolute Gasteiger partial charge is 0.335 e. The lowest BCUT2D eigenvalue weighted by atomic mass is 10.1. The molecular weight excluding hydrogens is 411 g/mol. The van der Waals surface area contributed by atoms with Crippen molar-refractivity contribution in [1.29, 1.82) is 0 Å². The minimum absolute atomic E-state index is 0.0183. The van der Waals surface area contributed by atoms with Gasteiger partial charge >= 0.3 is 0 Å². The lowest BCUT2D eigenvalue weighted by Gasteiger charge is -2.26. The summed E-state index contributed by atoms with van der Waals surface area (Å²) in [6.07, 6.45) is 2.20. The second-order valence-corrected chi connectivity index (χ2v) is 8.03. The normalized spacial score (nSPS) is 19.4. The molecule has 140 valence electrons. The molecule has 0 spiro atoms. The minimum Gasteiger partial charge on any atom is -0.335 e.